The summed E-state index contributed by atoms with van der Waals surface area (Å²) < 4.78 is 5.48. The molecule has 5 aromatic rings. The molecule has 3 heterocycles. The number of pyridine rings is 1. The maximum atomic E-state index is 6.14. The van der Waals surface area contributed by atoms with E-state index >= 15 is 0 Å². The van der Waals surface area contributed by atoms with Crippen molar-refractivity contribution in [2.45, 2.75) is 0 Å². The molecule has 0 amide bonds. The van der Waals surface area contributed by atoms with Crippen LogP contribution in [0.25, 0.3) is 33.5 Å². The molecule has 0 unspecified atom stereocenters. The zero-order valence-corrected chi connectivity index (χ0v) is 15.3. The van der Waals surface area contributed by atoms with Gasteiger partial charge < -0.3 is 14.7 Å². The molecule has 132 valence electrons. The van der Waals surface area contributed by atoms with Gasteiger partial charge >= 0.3 is 0 Å². The monoisotopic (exact) mass is 394 g/mol. The molecule has 0 radical (unpaired) electrons. The first-order chi connectivity index (χ1) is 13.2. The van der Waals surface area contributed by atoms with E-state index < -0.39 is 0 Å². The summed E-state index contributed by atoms with van der Waals surface area (Å²) in [6.07, 6.45) is 1.62. The van der Waals surface area contributed by atoms with Crippen LogP contribution < -0.4 is 5.32 Å². The van der Waals surface area contributed by atoms with Crippen molar-refractivity contribution < 1.29 is 4.42 Å². The smallest absolute Gasteiger partial charge is 0.174 e. The average Bonchev–Trinajstić information content (AvgIpc) is 3.34. The maximum Gasteiger partial charge on any atom is 0.174 e. The van der Waals surface area contributed by atoms with Crippen LogP contribution in [0.3, 0.4) is 0 Å². The van der Waals surface area contributed by atoms with Gasteiger partial charge in [-0.1, -0.05) is 41.4 Å². The molecule has 27 heavy (non-hydrogen) atoms. The molecule has 0 saturated heterocycles. The van der Waals surface area contributed by atoms with Crippen LogP contribution in [-0.2, 0) is 0 Å². The molecular formula is C20H12Cl2N4O. The first-order valence-corrected chi connectivity index (χ1v) is 8.99. The Morgan fingerprint density at radius 3 is 2.63 bits per heavy atom. The lowest BCUT2D eigenvalue weighted by atomic mass is 10.2. The number of aromatic nitrogens is 3. The van der Waals surface area contributed by atoms with Gasteiger partial charge in [-0.05, 0) is 36.4 Å². The Labute approximate surface area is 164 Å². The van der Waals surface area contributed by atoms with E-state index in [2.05, 4.69) is 10.3 Å². The summed E-state index contributed by atoms with van der Waals surface area (Å²) in [5.74, 6) is 1.95. The highest BCUT2D eigenvalue weighted by atomic mass is 35.5. The highest BCUT2D eigenvalue weighted by Crippen LogP contribution is 2.33. The predicted molar refractivity (Wildman–Crippen MR) is 109 cm³/mol. The van der Waals surface area contributed by atoms with Crippen LogP contribution in [0.5, 0.6) is 0 Å². The van der Waals surface area contributed by atoms with E-state index in [0.29, 0.717) is 27.4 Å². The third-order valence-electron chi connectivity index (χ3n) is 4.27. The number of hydrogen-bond donors (Lipinski definition) is 2. The fourth-order valence-electron chi connectivity index (χ4n) is 3.02. The van der Waals surface area contributed by atoms with Crippen LogP contribution in [-0.4, -0.2) is 15.0 Å². The summed E-state index contributed by atoms with van der Waals surface area (Å²) in [6, 6.07) is 16.9. The van der Waals surface area contributed by atoms with Crippen LogP contribution in [0, 0.1) is 0 Å². The molecule has 0 atom stereocenters. The summed E-state index contributed by atoms with van der Waals surface area (Å²) in [5.41, 5.74) is 3.22. The standard InChI is InChI=1S/C20H12Cl2N4O/c21-13-8-7-11(10-14(13)22)23-20-18-17(12-4-1-2-5-15(12)24-20)25-19(26-18)16-6-3-9-27-16/h1-10H,(H,23,24)(H,25,26). The van der Waals surface area contributed by atoms with E-state index in [-0.39, 0.29) is 0 Å². The van der Waals surface area contributed by atoms with Crippen molar-refractivity contribution in [3.05, 3.63) is 70.9 Å². The number of benzene rings is 2. The second kappa shape index (κ2) is 6.30. The number of halogens is 2. The minimum Gasteiger partial charge on any atom is -0.461 e. The van der Waals surface area contributed by atoms with E-state index in [1.165, 1.54) is 0 Å². The molecule has 0 spiro atoms. The van der Waals surface area contributed by atoms with Crippen molar-refractivity contribution in [2.24, 2.45) is 0 Å². The van der Waals surface area contributed by atoms with Crippen molar-refractivity contribution >= 4 is 56.6 Å². The molecule has 5 rings (SSSR count). The molecular weight excluding hydrogens is 383 g/mol. The molecule has 3 aromatic heterocycles. The van der Waals surface area contributed by atoms with Crippen LogP contribution in [0.1, 0.15) is 0 Å². The number of imidazole rings is 1. The van der Waals surface area contributed by atoms with Crippen molar-refractivity contribution in [3.8, 4) is 11.6 Å². The lowest BCUT2D eigenvalue weighted by Gasteiger charge is -2.09. The number of aromatic amines is 1. The summed E-state index contributed by atoms with van der Waals surface area (Å²) in [7, 11) is 0. The van der Waals surface area contributed by atoms with Gasteiger partial charge in [0.2, 0.25) is 0 Å². The maximum absolute atomic E-state index is 6.14. The minimum absolute atomic E-state index is 0.472. The number of furan rings is 1. The summed E-state index contributed by atoms with van der Waals surface area (Å²) in [5, 5.41) is 5.24. The zero-order valence-electron chi connectivity index (χ0n) is 13.8. The lowest BCUT2D eigenvalue weighted by Crippen LogP contribution is -1.96. The van der Waals surface area contributed by atoms with Crippen molar-refractivity contribution in [2.75, 3.05) is 5.32 Å². The predicted octanol–water partition coefficient (Wildman–Crippen LogP) is 6.42. The van der Waals surface area contributed by atoms with Gasteiger partial charge in [0.1, 0.15) is 11.0 Å². The van der Waals surface area contributed by atoms with E-state index in [9.17, 15) is 0 Å². The van der Waals surface area contributed by atoms with Crippen LogP contribution in [0.4, 0.5) is 11.5 Å². The first-order valence-electron chi connectivity index (χ1n) is 8.23. The van der Waals surface area contributed by atoms with Crippen LogP contribution >= 0.6 is 23.2 Å². The van der Waals surface area contributed by atoms with E-state index in [1.807, 2.05) is 42.5 Å². The zero-order chi connectivity index (χ0) is 18.4. The normalized spacial score (nSPS) is 11.3. The quantitative estimate of drug-likeness (QED) is 0.370. The largest absolute Gasteiger partial charge is 0.461 e. The SMILES string of the molecule is Clc1ccc(Nc2nc3ccccc3c3nc(-c4ccco4)[nH]c23)cc1Cl. The van der Waals surface area contributed by atoms with Crippen LogP contribution in [0.2, 0.25) is 10.0 Å². The molecule has 2 N–H and O–H groups in total. The van der Waals surface area contributed by atoms with Gasteiger partial charge in [0.15, 0.2) is 17.4 Å². The Hall–Kier alpha value is -3.02. The number of hydrogen-bond acceptors (Lipinski definition) is 4. The first kappa shape index (κ1) is 16.2. The number of rotatable bonds is 3. The Kier molecular flexibility index (Phi) is 3.77. The highest BCUT2D eigenvalue weighted by molar-refractivity contribution is 6.42. The van der Waals surface area contributed by atoms with Gasteiger partial charge in [0, 0.05) is 11.1 Å². The third-order valence-corrected chi connectivity index (χ3v) is 5.01. The molecule has 0 fully saturated rings. The van der Waals surface area contributed by atoms with Gasteiger partial charge in [-0.3, -0.25) is 0 Å². The summed E-state index contributed by atoms with van der Waals surface area (Å²) in [4.78, 5) is 12.8. The Morgan fingerprint density at radius 1 is 0.926 bits per heavy atom. The average molecular weight is 395 g/mol. The van der Waals surface area contributed by atoms with E-state index in [1.54, 1.807) is 18.4 Å². The molecule has 0 aliphatic carbocycles. The van der Waals surface area contributed by atoms with Crippen molar-refractivity contribution in [1.29, 1.82) is 0 Å². The molecule has 7 heteroatoms. The lowest BCUT2D eigenvalue weighted by molar-refractivity contribution is 0.578. The van der Waals surface area contributed by atoms with Gasteiger partial charge in [-0.15, -0.1) is 0 Å². The number of nitrogens with one attached hydrogen (secondary N) is 2. The summed E-state index contributed by atoms with van der Waals surface area (Å²) >= 11 is 12.2. The molecule has 2 aromatic carbocycles. The number of nitrogens with zero attached hydrogens (tertiary/aromatic N) is 2. The van der Waals surface area contributed by atoms with Crippen molar-refractivity contribution in [3.63, 3.8) is 0 Å². The Morgan fingerprint density at radius 2 is 1.81 bits per heavy atom. The summed E-state index contributed by atoms with van der Waals surface area (Å²) in [6.45, 7) is 0. The molecule has 0 aliphatic heterocycles. The van der Waals surface area contributed by atoms with Gasteiger partial charge in [0.05, 0.1) is 21.8 Å². The van der Waals surface area contributed by atoms with Gasteiger partial charge in [0.25, 0.3) is 0 Å². The fourth-order valence-corrected chi connectivity index (χ4v) is 3.32. The number of fused-ring (bicyclic) bond motifs is 3. The number of para-hydroxylation sites is 1. The molecule has 0 aliphatic rings. The van der Waals surface area contributed by atoms with E-state index in [4.69, 9.17) is 37.6 Å². The molecule has 0 bridgehead atoms. The second-order valence-corrected chi connectivity index (χ2v) is 6.83. The second-order valence-electron chi connectivity index (χ2n) is 6.02. The Bertz CT molecular complexity index is 1280. The fraction of sp³-hybridized carbons (Fsp3) is 0. The Balaban J connectivity index is 1.73. The van der Waals surface area contributed by atoms with Gasteiger partial charge in [-0.25, -0.2) is 9.97 Å². The molecule has 5 nitrogen and oxygen atoms in total. The topological polar surface area (TPSA) is 66.7 Å². The molecule has 0 saturated carbocycles. The van der Waals surface area contributed by atoms with E-state index in [0.717, 1.165) is 27.6 Å². The third kappa shape index (κ3) is 2.81. The van der Waals surface area contributed by atoms with Crippen molar-refractivity contribution in [1.82, 2.24) is 15.0 Å². The number of H-pyrrole nitrogens is 1. The van der Waals surface area contributed by atoms with Gasteiger partial charge in [-0.2, -0.15) is 0 Å². The number of anilines is 2. The highest BCUT2D eigenvalue weighted by Gasteiger charge is 2.16. The minimum atomic E-state index is 0.472. The van der Waals surface area contributed by atoms with Crippen LogP contribution in [0.15, 0.2) is 65.3 Å².